The van der Waals surface area contributed by atoms with Gasteiger partial charge in [0, 0.05) is 51.3 Å². The van der Waals surface area contributed by atoms with Crippen LogP contribution in [0.15, 0.2) is 24.3 Å². The van der Waals surface area contributed by atoms with Gasteiger partial charge in [-0.2, -0.15) is 0 Å². The summed E-state index contributed by atoms with van der Waals surface area (Å²) < 4.78 is 5.91. The van der Waals surface area contributed by atoms with Gasteiger partial charge in [-0.05, 0) is 31.3 Å². The molecular weight excluding hydrogens is 322 g/mol. The highest BCUT2D eigenvalue weighted by Gasteiger charge is 2.53. The van der Waals surface area contributed by atoms with E-state index in [2.05, 4.69) is 4.90 Å². The number of hydrogen-bond donors (Lipinski definition) is 1. The van der Waals surface area contributed by atoms with Gasteiger partial charge in [-0.3, -0.25) is 9.69 Å². The number of carboxylic acid groups (broad SMARTS) is 1. The number of benzene rings is 1. The van der Waals surface area contributed by atoms with Gasteiger partial charge in [0.2, 0.25) is 0 Å². The minimum absolute atomic E-state index is 0.0422. The van der Waals surface area contributed by atoms with Gasteiger partial charge in [-0.25, -0.2) is 4.79 Å². The average molecular weight is 347 g/mol. The molecule has 0 radical (unpaired) electrons. The summed E-state index contributed by atoms with van der Waals surface area (Å²) in [6.07, 6.45) is 1.24. The molecule has 1 amide bonds. The summed E-state index contributed by atoms with van der Waals surface area (Å²) in [6.45, 7) is 1.59. The Labute approximate surface area is 147 Å². The maximum Gasteiger partial charge on any atom is 0.328 e. The number of ether oxygens (including phenoxy) is 1. The Kier molecular flexibility index (Phi) is 4.71. The number of aliphatic carboxylic acids is 1. The van der Waals surface area contributed by atoms with E-state index >= 15 is 0 Å². The highest BCUT2D eigenvalue weighted by atomic mass is 16.5. The number of nitrogens with zero attached hydrogens (tertiary/aromatic N) is 3. The quantitative estimate of drug-likeness (QED) is 0.883. The maximum absolute atomic E-state index is 13.2. The Morgan fingerprint density at radius 2 is 1.80 bits per heavy atom. The molecule has 1 unspecified atom stereocenters. The van der Waals surface area contributed by atoms with Gasteiger partial charge < -0.3 is 19.6 Å². The van der Waals surface area contributed by atoms with Crippen LogP contribution in [-0.2, 0) is 9.53 Å². The SMILES string of the molecule is CN1CCC2(CC1)OCC(C(=O)O)N2C(=O)c1ccc(N(C)C)cc1. The Bertz CT molecular complexity index is 651. The molecule has 136 valence electrons. The van der Waals surface area contributed by atoms with Crippen LogP contribution in [0.3, 0.4) is 0 Å². The molecule has 2 fully saturated rings. The second kappa shape index (κ2) is 6.65. The van der Waals surface area contributed by atoms with Crippen LogP contribution in [0.4, 0.5) is 5.69 Å². The highest BCUT2D eigenvalue weighted by Crippen LogP contribution is 2.38. The minimum Gasteiger partial charge on any atom is -0.480 e. The van der Waals surface area contributed by atoms with Gasteiger partial charge in [0.05, 0.1) is 6.61 Å². The van der Waals surface area contributed by atoms with E-state index in [0.29, 0.717) is 18.4 Å². The van der Waals surface area contributed by atoms with E-state index in [0.717, 1.165) is 18.8 Å². The van der Waals surface area contributed by atoms with E-state index in [9.17, 15) is 14.7 Å². The fourth-order valence-electron chi connectivity index (χ4n) is 3.56. The van der Waals surface area contributed by atoms with Gasteiger partial charge >= 0.3 is 5.97 Å². The first-order valence-corrected chi connectivity index (χ1v) is 8.50. The van der Waals surface area contributed by atoms with Crippen LogP contribution in [0, 0.1) is 0 Å². The number of likely N-dealkylation sites (tertiary alicyclic amines) is 1. The predicted molar refractivity (Wildman–Crippen MR) is 93.8 cm³/mol. The standard InChI is InChI=1S/C18H25N3O4/c1-19(2)14-6-4-13(5-7-14)16(22)21-15(17(23)24)12-25-18(21)8-10-20(3)11-9-18/h4-7,15H,8-12H2,1-3H3,(H,23,24). The van der Waals surface area contributed by atoms with Crippen molar-refractivity contribution in [1.82, 2.24) is 9.80 Å². The number of amides is 1. The first-order valence-electron chi connectivity index (χ1n) is 8.50. The van der Waals surface area contributed by atoms with Crippen molar-refractivity contribution >= 4 is 17.6 Å². The highest BCUT2D eigenvalue weighted by molar-refractivity contribution is 5.97. The first-order chi connectivity index (χ1) is 11.8. The van der Waals surface area contributed by atoms with Crippen molar-refractivity contribution in [3.05, 3.63) is 29.8 Å². The fourth-order valence-corrected chi connectivity index (χ4v) is 3.56. The average Bonchev–Trinajstić information content (AvgIpc) is 2.96. The molecule has 2 aliphatic heterocycles. The molecular formula is C18H25N3O4. The van der Waals surface area contributed by atoms with Crippen molar-refractivity contribution in [2.75, 3.05) is 45.7 Å². The summed E-state index contributed by atoms with van der Waals surface area (Å²) in [6, 6.07) is 6.28. The first kappa shape index (κ1) is 17.7. The Morgan fingerprint density at radius 1 is 1.20 bits per heavy atom. The molecule has 1 N–H and O–H groups in total. The summed E-state index contributed by atoms with van der Waals surface area (Å²) in [5.74, 6) is -1.30. The van der Waals surface area contributed by atoms with Crippen molar-refractivity contribution in [2.45, 2.75) is 24.6 Å². The summed E-state index contributed by atoms with van der Waals surface area (Å²) in [5, 5.41) is 9.57. The van der Waals surface area contributed by atoms with Crippen LogP contribution in [0.2, 0.25) is 0 Å². The number of hydrogen-bond acceptors (Lipinski definition) is 5. The molecule has 7 heteroatoms. The van der Waals surface area contributed by atoms with E-state index in [1.807, 2.05) is 38.2 Å². The monoisotopic (exact) mass is 347 g/mol. The summed E-state index contributed by atoms with van der Waals surface area (Å²) in [4.78, 5) is 30.4. The van der Waals surface area contributed by atoms with Crippen molar-refractivity contribution < 1.29 is 19.4 Å². The third-order valence-electron chi connectivity index (χ3n) is 5.16. The molecule has 1 aromatic rings. The zero-order valence-electron chi connectivity index (χ0n) is 14.9. The largest absolute Gasteiger partial charge is 0.480 e. The normalized spacial score (nSPS) is 23.0. The van der Waals surface area contributed by atoms with Crippen LogP contribution >= 0.6 is 0 Å². The molecule has 1 aromatic carbocycles. The number of carbonyl (C=O) groups excluding carboxylic acids is 1. The molecule has 3 rings (SSSR count). The molecule has 0 aromatic heterocycles. The second-order valence-electron chi connectivity index (χ2n) is 7.03. The van der Waals surface area contributed by atoms with E-state index in [1.165, 1.54) is 4.90 Å². The molecule has 0 saturated carbocycles. The van der Waals surface area contributed by atoms with Crippen molar-refractivity contribution in [1.29, 1.82) is 0 Å². The molecule has 0 bridgehead atoms. The zero-order chi connectivity index (χ0) is 18.2. The third-order valence-corrected chi connectivity index (χ3v) is 5.16. The molecule has 1 atom stereocenters. The number of anilines is 1. The smallest absolute Gasteiger partial charge is 0.328 e. The molecule has 2 saturated heterocycles. The molecule has 2 heterocycles. The Hall–Kier alpha value is -2.12. The van der Waals surface area contributed by atoms with Gasteiger partial charge in [0.1, 0.15) is 5.72 Å². The van der Waals surface area contributed by atoms with Gasteiger partial charge in [-0.15, -0.1) is 0 Å². The number of rotatable bonds is 3. The molecule has 0 aliphatic carbocycles. The number of piperidine rings is 1. The summed E-state index contributed by atoms with van der Waals surface area (Å²) in [7, 11) is 5.88. The van der Waals surface area contributed by atoms with E-state index in [-0.39, 0.29) is 12.5 Å². The predicted octanol–water partition coefficient (Wildman–Crippen LogP) is 1.10. The third kappa shape index (κ3) is 3.21. The lowest BCUT2D eigenvalue weighted by Crippen LogP contribution is -2.57. The van der Waals surface area contributed by atoms with E-state index < -0.39 is 17.7 Å². The topological polar surface area (TPSA) is 73.3 Å². The lowest BCUT2D eigenvalue weighted by atomic mass is 9.97. The molecule has 25 heavy (non-hydrogen) atoms. The van der Waals surface area contributed by atoms with Gasteiger partial charge in [0.25, 0.3) is 5.91 Å². The molecule has 1 spiro atoms. The Balaban J connectivity index is 1.91. The number of carbonyl (C=O) groups is 2. The van der Waals surface area contributed by atoms with Crippen LogP contribution < -0.4 is 4.90 Å². The van der Waals surface area contributed by atoms with Gasteiger partial charge in [0.15, 0.2) is 6.04 Å². The van der Waals surface area contributed by atoms with E-state index in [4.69, 9.17) is 4.74 Å². The fraction of sp³-hybridized carbons (Fsp3) is 0.556. The summed E-state index contributed by atoms with van der Waals surface area (Å²) in [5.41, 5.74) is 0.658. The maximum atomic E-state index is 13.2. The van der Waals surface area contributed by atoms with E-state index in [1.54, 1.807) is 12.1 Å². The van der Waals surface area contributed by atoms with Crippen LogP contribution in [0.5, 0.6) is 0 Å². The van der Waals surface area contributed by atoms with Crippen LogP contribution in [0.25, 0.3) is 0 Å². The van der Waals surface area contributed by atoms with Crippen LogP contribution in [0.1, 0.15) is 23.2 Å². The molecule has 2 aliphatic rings. The minimum atomic E-state index is -1.02. The lowest BCUT2D eigenvalue weighted by Gasteiger charge is -2.43. The van der Waals surface area contributed by atoms with Crippen molar-refractivity contribution in [3.8, 4) is 0 Å². The lowest BCUT2D eigenvalue weighted by molar-refractivity contribution is -0.143. The van der Waals surface area contributed by atoms with Gasteiger partial charge in [-0.1, -0.05) is 0 Å². The molecule has 7 nitrogen and oxygen atoms in total. The second-order valence-corrected chi connectivity index (χ2v) is 7.03. The van der Waals surface area contributed by atoms with Crippen molar-refractivity contribution in [3.63, 3.8) is 0 Å². The van der Waals surface area contributed by atoms with Crippen LogP contribution in [-0.4, -0.2) is 79.4 Å². The Morgan fingerprint density at radius 3 is 2.32 bits per heavy atom. The summed E-state index contributed by atoms with van der Waals surface area (Å²) >= 11 is 0. The number of carboxylic acids is 1. The van der Waals surface area contributed by atoms with Crippen molar-refractivity contribution in [2.24, 2.45) is 0 Å². The zero-order valence-corrected chi connectivity index (χ0v) is 14.9.